The van der Waals surface area contributed by atoms with Crippen LogP contribution in [0.3, 0.4) is 0 Å². The van der Waals surface area contributed by atoms with Crippen LogP contribution in [0.25, 0.3) is 0 Å². The molecule has 0 aromatic heterocycles. The van der Waals surface area contributed by atoms with Gasteiger partial charge < -0.3 is 24.5 Å². The number of nitrogens with zero attached hydrogens (tertiary/aromatic N) is 4. The Labute approximate surface area is 398 Å². The van der Waals surface area contributed by atoms with Crippen LogP contribution in [0.2, 0.25) is 6.32 Å². The molecule has 6 rings (SSSR count). The van der Waals surface area contributed by atoms with E-state index in [-0.39, 0.29) is 16.6 Å². The van der Waals surface area contributed by atoms with Gasteiger partial charge in [0.05, 0.1) is 55.4 Å². The number of carbonyl (C=O) groups excluding carboxylic acids is 3. The molecule has 1 aliphatic carbocycles. The number of hydrogen-bond donors (Lipinski definition) is 1. The average Bonchev–Trinajstić information content (AvgIpc) is 3.79. The Balaban J connectivity index is 0.000000649. The lowest BCUT2D eigenvalue weighted by Gasteiger charge is -2.29. The summed E-state index contributed by atoms with van der Waals surface area (Å²) in [5.41, 5.74) is 16.1. The Morgan fingerprint density at radius 1 is 0.682 bits per heavy atom. The lowest BCUT2D eigenvalue weighted by molar-refractivity contribution is -0.870. The van der Waals surface area contributed by atoms with Crippen LogP contribution in [0, 0.1) is 0 Å². The van der Waals surface area contributed by atoms with E-state index in [0.717, 1.165) is 93.6 Å². The van der Waals surface area contributed by atoms with E-state index in [2.05, 4.69) is 143 Å². The predicted octanol–water partition coefficient (Wildman–Crippen LogP) is 10.0. The van der Waals surface area contributed by atoms with E-state index in [0.29, 0.717) is 24.0 Å². The summed E-state index contributed by atoms with van der Waals surface area (Å²) in [4.78, 5) is 41.9. The number of fused-ring (bicyclic) bond motifs is 2. The molecule has 2 aliphatic heterocycles. The molecule has 1 amide bonds. The van der Waals surface area contributed by atoms with Crippen molar-refractivity contribution < 1.29 is 23.3 Å². The number of ketones is 1. The molecule has 1 radical (unpaired) electrons. The highest BCUT2D eigenvalue weighted by Gasteiger charge is 2.41. The first kappa shape index (κ1) is 51.5. The van der Waals surface area contributed by atoms with Crippen molar-refractivity contribution in [1.29, 1.82) is 0 Å². The largest absolute Gasteiger partial charge is 0.366 e. The summed E-state index contributed by atoms with van der Waals surface area (Å²) in [5, 5.41) is 0. The minimum atomic E-state index is -0.423. The van der Waals surface area contributed by atoms with Crippen molar-refractivity contribution in [3.8, 4) is 0 Å². The van der Waals surface area contributed by atoms with Gasteiger partial charge in [0.1, 0.15) is 6.29 Å². The maximum Gasteiger partial charge on any atom is 0.248 e. The van der Waals surface area contributed by atoms with Crippen LogP contribution in [-0.2, 0) is 15.6 Å². The number of unbranched alkanes of at least 4 members (excludes halogenated alkanes) is 1. The SMILES string of the molecule is CC1(C)C(=CC=CC=C2CCC(=CC=CC=C3N(CCC[N+](C)(C)C)c4ccc(C(N)=O)cc4C3(C)C)C2=O)N(CCC[N+](C)(C)C)c2ccc(C=O)cc21.CCCC[B]c1ccccc1. The van der Waals surface area contributed by atoms with Gasteiger partial charge in [-0.3, -0.25) is 14.4 Å². The number of rotatable bonds is 18. The maximum absolute atomic E-state index is 13.4. The number of allylic oxidation sites excluding steroid dienone is 12. The zero-order valence-electron chi connectivity index (χ0n) is 42.0. The zero-order chi connectivity index (χ0) is 48.3. The van der Waals surface area contributed by atoms with Gasteiger partial charge in [-0.15, -0.1) is 0 Å². The zero-order valence-corrected chi connectivity index (χ0v) is 42.0. The van der Waals surface area contributed by atoms with Crippen LogP contribution in [0.5, 0.6) is 0 Å². The van der Waals surface area contributed by atoms with Crippen LogP contribution >= 0.6 is 0 Å². The van der Waals surface area contributed by atoms with Gasteiger partial charge in [0, 0.05) is 81.8 Å². The molecule has 0 unspecified atom stereocenters. The van der Waals surface area contributed by atoms with E-state index in [9.17, 15) is 14.4 Å². The van der Waals surface area contributed by atoms with Gasteiger partial charge in [-0.05, 0) is 72.5 Å². The first-order valence-electron chi connectivity index (χ1n) is 24.0. The molecule has 1 saturated carbocycles. The normalized spacial score (nSPS) is 19.0. The maximum atomic E-state index is 13.4. The minimum absolute atomic E-state index is 0.0982. The van der Waals surface area contributed by atoms with Crippen LogP contribution in [-0.4, -0.2) is 103 Å². The monoisotopic (exact) mass is 891 g/mol. The van der Waals surface area contributed by atoms with E-state index in [1.165, 1.54) is 30.3 Å². The van der Waals surface area contributed by atoms with E-state index in [1.54, 1.807) is 0 Å². The Bertz CT molecular complexity index is 2390. The third kappa shape index (κ3) is 13.3. The highest BCUT2D eigenvalue weighted by atomic mass is 16.1. The van der Waals surface area contributed by atoms with Gasteiger partial charge >= 0.3 is 0 Å². The van der Waals surface area contributed by atoms with E-state index >= 15 is 0 Å². The van der Waals surface area contributed by atoms with Crippen molar-refractivity contribution in [3.63, 3.8) is 0 Å². The molecule has 2 N–H and O–H groups in total. The summed E-state index contributed by atoms with van der Waals surface area (Å²) < 4.78 is 1.80. The smallest absolute Gasteiger partial charge is 0.248 e. The molecule has 349 valence electrons. The van der Waals surface area contributed by atoms with Crippen molar-refractivity contribution in [3.05, 3.63) is 160 Å². The first-order valence-corrected chi connectivity index (χ1v) is 24.0. The number of primary amides is 1. The Hall–Kier alpha value is -5.51. The van der Waals surface area contributed by atoms with Crippen LogP contribution in [0.1, 0.15) is 105 Å². The Kier molecular flexibility index (Phi) is 17.4. The molecule has 66 heavy (non-hydrogen) atoms. The third-order valence-corrected chi connectivity index (χ3v) is 13.0. The topological polar surface area (TPSA) is 83.7 Å². The number of hydrogen-bond acceptors (Lipinski definition) is 5. The molecule has 3 aliphatic rings. The lowest BCUT2D eigenvalue weighted by atomic mass is 9.66. The number of Topliss-reactive ketones (excluding diaryl/α,β-unsaturated/α-hetero) is 1. The van der Waals surface area contributed by atoms with Gasteiger partial charge in [-0.25, -0.2) is 0 Å². The summed E-state index contributed by atoms with van der Waals surface area (Å²) in [6.07, 6.45) is 24.5. The van der Waals surface area contributed by atoms with Crippen molar-refractivity contribution in [2.24, 2.45) is 5.73 Å². The third-order valence-electron chi connectivity index (χ3n) is 13.0. The summed E-state index contributed by atoms with van der Waals surface area (Å²) >= 11 is 0. The fourth-order valence-electron chi connectivity index (χ4n) is 9.20. The highest BCUT2D eigenvalue weighted by Crippen LogP contribution is 2.49. The van der Waals surface area contributed by atoms with Gasteiger partial charge in [0.25, 0.3) is 0 Å². The highest BCUT2D eigenvalue weighted by molar-refractivity contribution is 6.53. The van der Waals surface area contributed by atoms with Gasteiger partial charge in [-0.2, -0.15) is 0 Å². The number of quaternary nitrogens is 2. The lowest BCUT2D eigenvalue weighted by Crippen LogP contribution is -2.37. The fourth-order valence-corrected chi connectivity index (χ4v) is 9.20. The average molecular weight is 891 g/mol. The van der Waals surface area contributed by atoms with Crippen LogP contribution in [0.4, 0.5) is 11.4 Å². The van der Waals surface area contributed by atoms with E-state index < -0.39 is 5.91 Å². The van der Waals surface area contributed by atoms with Crippen molar-refractivity contribution >= 4 is 42.1 Å². The van der Waals surface area contributed by atoms with Crippen molar-refractivity contribution in [2.45, 2.75) is 90.3 Å². The number of aldehydes is 1. The van der Waals surface area contributed by atoms with Gasteiger partial charge in [-0.1, -0.05) is 126 Å². The number of benzene rings is 3. The number of carbonyl (C=O) groups is 3. The summed E-state index contributed by atoms with van der Waals surface area (Å²) in [7, 11) is 15.6. The molecular weight excluding hydrogens is 813 g/mol. The molecule has 3 aromatic carbocycles. The second-order valence-corrected chi connectivity index (χ2v) is 21.1. The second-order valence-electron chi connectivity index (χ2n) is 21.1. The Morgan fingerprint density at radius 3 is 1.64 bits per heavy atom. The van der Waals surface area contributed by atoms with Gasteiger partial charge in [0.2, 0.25) is 5.91 Å². The quantitative estimate of drug-likeness (QED) is 0.0452. The fraction of sp³-hybridized carbons (Fsp3) is 0.421. The number of anilines is 2. The molecule has 0 spiro atoms. The Morgan fingerprint density at radius 2 is 1.17 bits per heavy atom. The number of nitrogens with two attached hydrogens (primary N) is 1. The minimum Gasteiger partial charge on any atom is -0.366 e. The summed E-state index contributed by atoms with van der Waals surface area (Å²) in [5.74, 6) is -0.325. The van der Waals surface area contributed by atoms with Crippen molar-refractivity contribution in [1.82, 2.24) is 0 Å². The summed E-state index contributed by atoms with van der Waals surface area (Å²) in [6.45, 7) is 14.9. The molecule has 9 heteroatoms. The van der Waals surface area contributed by atoms with E-state index in [4.69, 9.17) is 5.73 Å². The van der Waals surface area contributed by atoms with Gasteiger partial charge in [0.15, 0.2) is 13.1 Å². The standard InChI is InChI=1S/C47H62N5O3.C10H14B/c1-46(2)38-31-34(33-53)21-25-40(38)49(27-15-29-51(5,6)7)42(46)19-13-11-17-35-22-23-36(44(35)54)18-12-14-20-43-47(3,4)39-32-37(45(48)55)24-26-41(39)50(43)28-16-30-52(8,9)10;1-2-3-9-11-10-7-5-4-6-8-10/h11-14,17-21,24-26,31-33H,15-16,22-23,27-30H2,1-10H3,(H-,48,55);4-8H,2-3,9H2,1H3/q+1;/p+1. The molecule has 0 bridgehead atoms. The predicted molar refractivity (Wildman–Crippen MR) is 279 cm³/mol. The molecule has 2 heterocycles. The molecule has 8 nitrogen and oxygen atoms in total. The molecular formula is C57H77BN5O3+2. The molecule has 3 aromatic rings. The number of amides is 1. The summed E-state index contributed by atoms with van der Waals surface area (Å²) in [6, 6.07) is 22.3. The van der Waals surface area contributed by atoms with Crippen LogP contribution < -0.4 is 21.0 Å². The van der Waals surface area contributed by atoms with E-state index in [1.807, 2.05) is 66.8 Å². The molecule has 0 atom stereocenters. The molecule has 1 fully saturated rings. The second kappa shape index (κ2) is 22.3. The van der Waals surface area contributed by atoms with Crippen molar-refractivity contribution in [2.75, 3.05) is 78.3 Å². The first-order chi connectivity index (χ1) is 31.2. The molecule has 0 saturated heterocycles. The van der Waals surface area contributed by atoms with Crippen LogP contribution in [0.15, 0.2) is 138 Å².